The highest BCUT2D eigenvalue weighted by molar-refractivity contribution is 6.31. The minimum absolute atomic E-state index is 0.292. The third kappa shape index (κ3) is 3.65. The maximum Gasteiger partial charge on any atom is 0.337 e. The van der Waals surface area contributed by atoms with Gasteiger partial charge < -0.3 is 9.47 Å². The molecule has 3 nitrogen and oxygen atoms in total. The minimum atomic E-state index is -0.422. The van der Waals surface area contributed by atoms with E-state index in [1.54, 1.807) is 36.4 Å². The Bertz CT molecular complexity index is 626. The van der Waals surface area contributed by atoms with Gasteiger partial charge in [0.15, 0.2) is 0 Å². The van der Waals surface area contributed by atoms with Crippen LogP contribution in [0.4, 0.5) is 0 Å². The quantitative estimate of drug-likeness (QED) is 0.787. The van der Waals surface area contributed by atoms with Crippen LogP contribution >= 0.6 is 23.2 Å². The molecule has 0 aromatic heterocycles. The van der Waals surface area contributed by atoms with E-state index in [2.05, 4.69) is 4.74 Å². The van der Waals surface area contributed by atoms with E-state index in [1.165, 1.54) is 7.11 Å². The summed E-state index contributed by atoms with van der Waals surface area (Å²) < 4.78 is 10.2. The number of ether oxygens (including phenoxy) is 2. The van der Waals surface area contributed by atoms with Crippen LogP contribution in [-0.4, -0.2) is 13.1 Å². The van der Waals surface area contributed by atoms with Gasteiger partial charge in [-0.1, -0.05) is 35.3 Å². The van der Waals surface area contributed by atoms with Crippen LogP contribution in [-0.2, 0) is 11.3 Å². The zero-order valence-electron chi connectivity index (χ0n) is 10.7. The number of benzene rings is 2. The SMILES string of the molecule is COC(=O)c1ccc(COc2cccc(Cl)c2)c(Cl)c1. The van der Waals surface area contributed by atoms with Gasteiger partial charge in [0.05, 0.1) is 12.7 Å². The molecule has 0 aliphatic rings. The van der Waals surface area contributed by atoms with Crippen LogP contribution in [0.1, 0.15) is 15.9 Å². The number of hydrogen-bond acceptors (Lipinski definition) is 3. The number of carbonyl (C=O) groups excluding carboxylic acids is 1. The van der Waals surface area contributed by atoms with E-state index in [0.29, 0.717) is 28.0 Å². The van der Waals surface area contributed by atoms with Crippen LogP contribution in [0.2, 0.25) is 10.0 Å². The lowest BCUT2D eigenvalue weighted by atomic mass is 10.1. The first-order chi connectivity index (χ1) is 9.60. The van der Waals surface area contributed by atoms with Crippen molar-refractivity contribution < 1.29 is 14.3 Å². The molecule has 0 fully saturated rings. The highest BCUT2D eigenvalue weighted by atomic mass is 35.5. The largest absolute Gasteiger partial charge is 0.489 e. The van der Waals surface area contributed by atoms with Gasteiger partial charge in [0.25, 0.3) is 0 Å². The smallest absolute Gasteiger partial charge is 0.337 e. The lowest BCUT2D eigenvalue weighted by Gasteiger charge is -2.09. The summed E-state index contributed by atoms with van der Waals surface area (Å²) in [4.78, 5) is 11.4. The van der Waals surface area contributed by atoms with Gasteiger partial charge in [0.1, 0.15) is 12.4 Å². The van der Waals surface area contributed by atoms with Crippen molar-refractivity contribution in [1.29, 1.82) is 0 Å². The molecule has 0 bridgehead atoms. The van der Waals surface area contributed by atoms with Crippen LogP contribution in [0.15, 0.2) is 42.5 Å². The molecule has 0 saturated heterocycles. The first-order valence-electron chi connectivity index (χ1n) is 5.85. The summed E-state index contributed by atoms with van der Waals surface area (Å²) in [7, 11) is 1.33. The summed E-state index contributed by atoms with van der Waals surface area (Å²) in [5.41, 5.74) is 1.18. The highest BCUT2D eigenvalue weighted by Crippen LogP contribution is 2.22. The first-order valence-corrected chi connectivity index (χ1v) is 6.61. The Morgan fingerprint density at radius 2 is 1.95 bits per heavy atom. The van der Waals surface area contributed by atoms with Crippen molar-refractivity contribution in [3.05, 3.63) is 63.6 Å². The summed E-state index contributed by atoms with van der Waals surface area (Å²) in [6, 6.07) is 12.0. The number of methoxy groups -OCH3 is 1. The second kappa shape index (κ2) is 6.64. The van der Waals surface area contributed by atoms with Crippen LogP contribution < -0.4 is 4.74 Å². The third-order valence-electron chi connectivity index (χ3n) is 2.66. The Kier molecular flexibility index (Phi) is 4.88. The van der Waals surface area contributed by atoms with E-state index < -0.39 is 5.97 Å². The Morgan fingerprint density at radius 1 is 1.15 bits per heavy atom. The predicted molar refractivity (Wildman–Crippen MR) is 78.6 cm³/mol. The Morgan fingerprint density at radius 3 is 2.60 bits per heavy atom. The summed E-state index contributed by atoms with van der Waals surface area (Å²) in [5, 5.41) is 1.06. The summed E-state index contributed by atoms with van der Waals surface area (Å²) in [5.74, 6) is 0.236. The molecular weight excluding hydrogens is 299 g/mol. The van der Waals surface area contributed by atoms with Crippen molar-refractivity contribution in [3.63, 3.8) is 0 Å². The monoisotopic (exact) mass is 310 g/mol. The molecule has 5 heteroatoms. The van der Waals surface area contributed by atoms with Crippen LogP contribution in [0.5, 0.6) is 5.75 Å². The van der Waals surface area contributed by atoms with E-state index in [4.69, 9.17) is 27.9 Å². The topological polar surface area (TPSA) is 35.5 Å². The fourth-order valence-corrected chi connectivity index (χ4v) is 2.04. The minimum Gasteiger partial charge on any atom is -0.489 e. The van der Waals surface area contributed by atoms with Crippen LogP contribution in [0.25, 0.3) is 0 Å². The van der Waals surface area contributed by atoms with Crippen molar-refractivity contribution in [2.45, 2.75) is 6.61 Å². The summed E-state index contributed by atoms with van der Waals surface area (Å²) in [6.07, 6.45) is 0. The third-order valence-corrected chi connectivity index (χ3v) is 3.25. The summed E-state index contributed by atoms with van der Waals surface area (Å²) in [6.45, 7) is 0.292. The van der Waals surface area contributed by atoms with Gasteiger partial charge in [0, 0.05) is 15.6 Å². The number of carbonyl (C=O) groups is 1. The average molecular weight is 311 g/mol. The normalized spacial score (nSPS) is 10.2. The van der Waals surface area contributed by atoms with E-state index in [1.807, 2.05) is 6.07 Å². The van der Waals surface area contributed by atoms with Gasteiger partial charge >= 0.3 is 5.97 Å². The van der Waals surface area contributed by atoms with Gasteiger partial charge in [-0.05, 0) is 30.3 Å². The standard InChI is InChI=1S/C15H12Cl2O3/c1-19-15(18)10-5-6-11(14(17)7-10)9-20-13-4-2-3-12(16)8-13/h2-8H,9H2,1H3. The maximum absolute atomic E-state index is 11.4. The molecule has 104 valence electrons. The molecule has 2 aromatic rings. The second-order valence-corrected chi connectivity index (χ2v) is 4.89. The second-order valence-electron chi connectivity index (χ2n) is 4.04. The number of esters is 1. The van der Waals surface area contributed by atoms with Gasteiger partial charge in [-0.25, -0.2) is 4.79 Å². The maximum atomic E-state index is 11.4. The Hall–Kier alpha value is -1.71. The van der Waals surface area contributed by atoms with Crippen molar-refractivity contribution >= 4 is 29.2 Å². The van der Waals surface area contributed by atoms with Crippen molar-refractivity contribution in [2.24, 2.45) is 0 Å². The molecule has 0 radical (unpaired) electrons. The fraction of sp³-hybridized carbons (Fsp3) is 0.133. The van der Waals surface area contributed by atoms with Crippen molar-refractivity contribution in [3.8, 4) is 5.75 Å². The van der Waals surface area contributed by atoms with E-state index in [9.17, 15) is 4.79 Å². The molecule has 0 atom stereocenters. The van der Waals surface area contributed by atoms with Crippen LogP contribution in [0, 0.1) is 0 Å². The number of halogens is 2. The van der Waals surface area contributed by atoms with Crippen molar-refractivity contribution in [1.82, 2.24) is 0 Å². The molecule has 0 amide bonds. The zero-order chi connectivity index (χ0) is 14.5. The van der Waals surface area contributed by atoms with Gasteiger partial charge in [-0.15, -0.1) is 0 Å². The fourth-order valence-electron chi connectivity index (χ4n) is 1.63. The first kappa shape index (κ1) is 14.7. The molecular formula is C15H12Cl2O3. The molecule has 2 aromatic carbocycles. The zero-order valence-corrected chi connectivity index (χ0v) is 12.2. The van der Waals surface area contributed by atoms with Gasteiger partial charge in [0.2, 0.25) is 0 Å². The Labute approximate surface area is 127 Å². The molecule has 0 aliphatic carbocycles. The average Bonchev–Trinajstić information content (AvgIpc) is 2.45. The molecule has 0 aliphatic heterocycles. The lowest BCUT2D eigenvalue weighted by Crippen LogP contribution is -2.03. The van der Waals surface area contributed by atoms with E-state index in [-0.39, 0.29) is 0 Å². The van der Waals surface area contributed by atoms with Gasteiger partial charge in [-0.2, -0.15) is 0 Å². The Balaban J connectivity index is 2.08. The summed E-state index contributed by atoms with van der Waals surface area (Å²) >= 11 is 12.0. The molecule has 2 rings (SSSR count). The molecule has 0 heterocycles. The molecule has 20 heavy (non-hydrogen) atoms. The van der Waals surface area contributed by atoms with E-state index >= 15 is 0 Å². The van der Waals surface area contributed by atoms with Gasteiger partial charge in [-0.3, -0.25) is 0 Å². The van der Waals surface area contributed by atoms with E-state index in [0.717, 1.165) is 5.56 Å². The number of hydrogen-bond donors (Lipinski definition) is 0. The highest BCUT2D eigenvalue weighted by Gasteiger charge is 2.09. The predicted octanol–water partition coefficient (Wildman–Crippen LogP) is 4.36. The van der Waals surface area contributed by atoms with Crippen LogP contribution in [0.3, 0.4) is 0 Å². The molecule has 0 unspecified atom stereocenters. The lowest BCUT2D eigenvalue weighted by molar-refractivity contribution is 0.0600. The van der Waals surface area contributed by atoms with Crippen molar-refractivity contribution in [2.75, 3.05) is 7.11 Å². The molecule has 0 N–H and O–H groups in total. The molecule has 0 saturated carbocycles. The molecule has 0 spiro atoms. The number of rotatable bonds is 4.